The number of pyridine rings is 1. The summed E-state index contributed by atoms with van der Waals surface area (Å²) in [5, 5.41) is 0.366. The number of likely N-dealkylation sites (tertiary alicyclic amines) is 1. The number of sulfone groups is 1. The molecule has 2 aliphatic rings. The number of piperidine rings is 1. The first kappa shape index (κ1) is 17.1. The molecule has 1 aromatic rings. The van der Waals surface area contributed by atoms with E-state index in [1.54, 1.807) is 6.20 Å². The highest BCUT2D eigenvalue weighted by atomic mass is 35.5. The van der Waals surface area contributed by atoms with Crippen molar-refractivity contribution in [3.8, 4) is 0 Å². The second kappa shape index (κ2) is 7.05. The smallest absolute Gasteiger partial charge is 0.177 e. The minimum Gasteiger partial charge on any atom is -0.381 e. The van der Waals surface area contributed by atoms with Gasteiger partial charge in [-0.3, -0.25) is 4.98 Å². The van der Waals surface area contributed by atoms with Crippen LogP contribution in [0.25, 0.3) is 0 Å². The predicted molar refractivity (Wildman–Crippen MR) is 89.7 cm³/mol. The molecular weight excluding hydrogens is 336 g/mol. The van der Waals surface area contributed by atoms with Crippen molar-refractivity contribution in [3.63, 3.8) is 0 Å². The first-order chi connectivity index (χ1) is 10.9. The fourth-order valence-corrected chi connectivity index (χ4v) is 4.73. The number of ether oxygens (including phenoxy) is 1. The highest BCUT2D eigenvalue weighted by Gasteiger charge is 2.29. The van der Waals surface area contributed by atoms with Crippen molar-refractivity contribution < 1.29 is 13.2 Å². The molecule has 0 N–H and O–H groups in total. The topological polar surface area (TPSA) is 59.5 Å². The van der Waals surface area contributed by atoms with Crippen LogP contribution in [0.5, 0.6) is 0 Å². The Bertz CT molecular complexity index is 659. The van der Waals surface area contributed by atoms with Crippen molar-refractivity contribution >= 4 is 21.4 Å². The minimum atomic E-state index is -3.33. The quantitative estimate of drug-likeness (QED) is 0.826. The van der Waals surface area contributed by atoms with Crippen LogP contribution in [0, 0.1) is 5.92 Å². The molecule has 2 atom stereocenters. The van der Waals surface area contributed by atoms with E-state index < -0.39 is 9.84 Å². The minimum absolute atomic E-state index is 0.146. The third-order valence-corrected chi connectivity index (χ3v) is 6.01. The molecular formula is C16H23ClN2O3S. The van der Waals surface area contributed by atoms with Gasteiger partial charge in [-0.1, -0.05) is 11.6 Å². The van der Waals surface area contributed by atoms with E-state index >= 15 is 0 Å². The summed E-state index contributed by atoms with van der Waals surface area (Å²) in [6.07, 6.45) is 5.92. The zero-order valence-electron chi connectivity index (χ0n) is 13.4. The van der Waals surface area contributed by atoms with Gasteiger partial charge in [0, 0.05) is 38.1 Å². The Labute approximate surface area is 142 Å². The summed E-state index contributed by atoms with van der Waals surface area (Å²) in [7, 11) is -3.33. The standard InChI is InChI=1S/C16H23ClN2O3S/c1-23(20,21)15-7-14(17)8-18-16(15)13-3-2-5-19(10-13)9-12-4-6-22-11-12/h7-8,12-13H,2-6,9-11H2,1H3/t12-,13-/m1/s1. The van der Waals surface area contributed by atoms with Crippen LogP contribution < -0.4 is 0 Å². The van der Waals surface area contributed by atoms with E-state index in [1.165, 1.54) is 12.3 Å². The van der Waals surface area contributed by atoms with E-state index in [-0.39, 0.29) is 10.8 Å². The lowest BCUT2D eigenvalue weighted by Crippen LogP contribution is -2.38. The predicted octanol–water partition coefficient (Wildman–Crippen LogP) is 2.35. The van der Waals surface area contributed by atoms with Gasteiger partial charge in [0.05, 0.1) is 22.2 Å². The summed E-state index contributed by atoms with van der Waals surface area (Å²) >= 11 is 5.95. The molecule has 0 unspecified atom stereocenters. The van der Waals surface area contributed by atoms with Gasteiger partial charge in [-0.25, -0.2) is 8.42 Å². The lowest BCUT2D eigenvalue weighted by atomic mass is 9.93. The van der Waals surface area contributed by atoms with Gasteiger partial charge >= 0.3 is 0 Å². The third kappa shape index (κ3) is 4.24. The molecule has 2 aliphatic heterocycles. The molecule has 2 saturated heterocycles. The summed E-state index contributed by atoms with van der Waals surface area (Å²) in [6.45, 7) is 4.65. The van der Waals surface area contributed by atoms with Crippen molar-refractivity contribution in [1.29, 1.82) is 0 Å². The molecule has 0 amide bonds. The van der Waals surface area contributed by atoms with Crippen molar-refractivity contribution in [3.05, 3.63) is 23.0 Å². The molecule has 0 bridgehead atoms. The number of halogens is 1. The molecule has 23 heavy (non-hydrogen) atoms. The first-order valence-corrected chi connectivity index (χ1v) is 10.4. The lowest BCUT2D eigenvalue weighted by molar-refractivity contribution is 0.149. The van der Waals surface area contributed by atoms with Gasteiger partial charge in [0.2, 0.25) is 0 Å². The number of nitrogens with zero attached hydrogens (tertiary/aromatic N) is 2. The molecule has 128 valence electrons. The van der Waals surface area contributed by atoms with Crippen molar-refractivity contribution in [2.24, 2.45) is 5.92 Å². The number of aromatic nitrogens is 1. The normalized spacial score (nSPS) is 26.5. The Morgan fingerprint density at radius 1 is 1.43 bits per heavy atom. The molecule has 0 spiro atoms. The average Bonchev–Trinajstić information content (AvgIpc) is 2.99. The van der Waals surface area contributed by atoms with Crippen LogP contribution in [0.4, 0.5) is 0 Å². The third-order valence-electron chi connectivity index (χ3n) is 4.68. The molecule has 0 saturated carbocycles. The van der Waals surface area contributed by atoms with Crippen LogP contribution in [0.2, 0.25) is 5.02 Å². The molecule has 3 rings (SSSR count). The molecule has 7 heteroatoms. The van der Waals surface area contributed by atoms with Crippen molar-refractivity contribution in [1.82, 2.24) is 9.88 Å². The van der Waals surface area contributed by atoms with E-state index in [0.717, 1.165) is 52.1 Å². The largest absolute Gasteiger partial charge is 0.381 e. The second-order valence-electron chi connectivity index (χ2n) is 6.64. The summed E-state index contributed by atoms with van der Waals surface area (Å²) in [5.41, 5.74) is 0.671. The molecule has 1 aromatic heterocycles. The summed E-state index contributed by atoms with van der Waals surface area (Å²) in [6, 6.07) is 1.53. The lowest BCUT2D eigenvalue weighted by Gasteiger charge is -2.34. The fraction of sp³-hybridized carbons (Fsp3) is 0.688. The maximum absolute atomic E-state index is 12.1. The summed E-state index contributed by atoms with van der Waals surface area (Å²) in [4.78, 5) is 7.08. The van der Waals surface area contributed by atoms with E-state index in [1.807, 2.05) is 0 Å². The van der Waals surface area contributed by atoms with E-state index in [2.05, 4.69) is 9.88 Å². The SMILES string of the molecule is CS(=O)(=O)c1cc(Cl)cnc1[C@@H]1CCCN(C[C@H]2CCOC2)C1. The maximum Gasteiger partial charge on any atom is 0.177 e. The van der Waals surface area contributed by atoms with Crippen LogP contribution >= 0.6 is 11.6 Å². The summed E-state index contributed by atoms with van der Waals surface area (Å²) in [5.74, 6) is 0.745. The molecule has 5 nitrogen and oxygen atoms in total. The summed E-state index contributed by atoms with van der Waals surface area (Å²) < 4.78 is 29.6. The molecule has 2 fully saturated rings. The van der Waals surface area contributed by atoms with Crippen LogP contribution in [0.15, 0.2) is 17.2 Å². The Kier molecular flexibility index (Phi) is 5.26. The zero-order chi connectivity index (χ0) is 16.4. The number of hydrogen-bond donors (Lipinski definition) is 0. The average molecular weight is 359 g/mol. The van der Waals surface area contributed by atoms with E-state index in [4.69, 9.17) is 16.3 Å². The van der Waals surface area contributed by atoms with Crippen molar-refractivity contribution in [2.45, 2.75) is 30.1 Å². The number of hydrogen-bond acceptors (Lipinski definition) is 5. The van der Waals surface area contributed by atoms with Gasteiger partial charge in [-0.2, -0.15) is 0 Å². The van der Waals surface area contributed by atoms with Gasteiger partial charge in [0.1, 0.15) is 0 Å². The molecule has 0 aromatic carbocycles. The number of rotatable bonds is 4. The Balaban J connectivity index is 1.78. The molecule has 0 radical (unpaired) electrons. The van der Waals surface area contributed by atoms with Gasteiger partial charge in [0.25, 0.3) is 0 Å². The van der Waals surface area contributed by atoms with E-state index in [0.29, 0.717) is 16.6 Å². The van der Waals surface area contributed by atoms with E-state index in [9.17, 15) is 8.42 Å². The van der Waals surface area contributed by atoms with Crippen LogP contribution in [-0.2, 0) is 14.6 Å². The van der Waals surface area contributed by atoms with Gasteiger partial charge < -0.3 is 9.64 Å². The zero-order valence-corrected chi connectivity index (χ0v) is 14.9. The maximum atomic E-state index is 12.1. The van der Waals surface area contributed by atoms with Crippen LogP contribution in [0.1, 0.15) is 30.9 Å². The van der Waals surface area contributed by atoms with Crippen LogP contribution in [0.3, 0.4) is 0 Å². The highest BCUT2D eigenvalue weighted by Crippen LogP contribution is 2.32. The molecule has 3 heterocycles. The Morgan fingerprint density at radius 2 is 2.26 bits per heavy atom. The Morgan fingerprint density at radius 3 is 2.96 bits per heavy atom. The van der Waals surface area contributed by atoms with Gasteiger partial charge in [-0.15, -0.1) is 0 Å². The fourth-order valence-electron chi connectivity index (χ4n) is 3.57. The second-order valence-corrected chi connectivity index (χ2v) is 9.06. The first-order valence-electron chi connectivity index (χ1n) is 8.09. The van der Waals surface area contributed by atoms with Gasteiger partial charge in [-0.05, 0) is 37.8 Å². The van der Waals surface area contributed by atoms with Crippen LogP contribution in [-0.4, -0.2) is 57.4 Å². The highest BCUT2D eigenvalue weighted by molar-refractivity contribution is 7.90. The molecule has 0 aliphatic carbocycles. The Hall–Kier alpha value is -0.690. The van der Waals surface area contributed by atoms with Crippen molar-refractivity contribution in [2.75, 3.05) is 39.1 Å². The monoisotopic (exact) mass is 358 g/mol. The van der Waals surface area contributed by atoms with Gasteiger partial charge in [0.15, 0.2) is 9.84 Å².